The number of esters is 1. The van der Waals surface area contributed by atoms with Gasteiger partial charge < -0.3 is 10.1 Å². The third-order valence-electron chi connectivity index (χ3n) is 2.55. The molecule has 0 aliphatic heterocycles. The molecule has 4 nitrogen and oxygen atoms in total. The van der Waals surface area contributed by atoms with Gasteiger partial charge >= 0.3 is 16.2 Å². The molecule has 1 rings (SSSR count). The Hall–Kier alpha value is -1.84. The molecule has 10 heteroatoms. The van der Waals surface area contributed by atoms with Gasteiger partial charge in [0.05, 0.1) is 6.61 Å². The van der Waals surface area contributed by atoms with Gasteiger partial charge in [-0.05, 0) is 38.1 Å². The summed E-state index contributed by atoms with van der Waals surface area (Å²) in [5.74, 6) is -1.60. The van der Waals surface area contributed by atoms with Crippen molar-refractivity contribution >= 4 is 22.1 Å². The summed E-state index contributed by atoms with van der Waals surface area (Å²) in [5.41, 5.74) is -0.290. The molecule has 126 valence electrons. The second-order valence-electron chi connectivity index (χ2n) is 4.44. The van der Waals surface area contributed by atoms with Crippen molar-refractivity contribution in [3.05, 3.63) is 29.8 Å². The van der Waals surface area contributed by atoms with Crippen LogP contribution >= 0.6 is 10.2 Å². The Morgan fingerprint density at radius 3 is 2.05 bits per heavy atom. The van der Waals surface area contributed by atoms with Gasteiger partial charge in [-0.2, -0.15) is 0 Å². The molecular formula is C12H14F5NO3S. The van der Waals surface area contributed by atoms with E-state index in [1.54, 1.807) is 6.92 Å². The second kappa shape index (κ2) is 5.11. The van der Waals surface area contributed by atoms with Gasteiger partial charge in [0.25, 0.3) is 5.91 Å². The minimum Gasteiger partial charge on any atom is -0.464 e. The molecule has 0 fully saturated rings. The van der Waals surface area contributed by atoms with Crippen molar-refractivity contribution in [2.24, 2.45) is 0 Å². The Bertz CT molecular complexity index is 585. The summed E-state index contributed by atoms with van der Waals surface area (Å²) in [6, 6.07) is 0.459. The maximum absolute atomic E-state index is 12.5. The summed E-state index contributed by atoms with van der Waals surface area (Å²) in [6.45, 7) is 2.97. The largest absolute Gasteiger partial charge is 0.464 e. The van der Waals surface area contributed by atoms with E-state index in [2.05, 4.69) is 10.1 Å². The van der Waals surface area contributed by atoms with Gasteiger partial charge in [-0.1, -0.05) is 19.4 Å². The average molecular weight is 347 g/mol. The Labute approximate surface area is 123 Å². The first-order chi connectivity index (χ1) is 9.74. The first kappa shape index (κ1) is 18.2. The van der Waals surface area contributed by atoms with Crippen molar-refractivity contribution in [1.82, 2.24) is 5.32 Å². The highest BCUT2D eigenvalue weighted by Crippen LogP contribution is 3.02. The number of nitrogens with one attached hydrogen (secondary N) is 1. The second-order valence-corrected chi connectivity index (χ2v) is 6.85. The fourth-order valence-corrected chi connectivity index (χ4v) is 2.12. The topological polar surface area (TPSA) is 55.4 Å². The van der Waals surface area contributed by atoms with Crippen molar-refractivity contribution in [3.8, 4) is 0 Å². The quantitative estimate of drug-likeness (QED) is 0.646. The van der Waals surface area contributed by atoms with Crippen LogP contribution in [-0.2, 0) is 9.53 Å². The zero-order chi connectivity index (χ0) is 17.2. The van der Waals surface area contributed by atoms with E-state index in [0.29, 0.717) is 12.1 Å². The number of rotatable bonds is 5. The van der Waals surface area contributed by atoms with Crippen LogP contribution in [0.25, 0.3) is 0 Å². The van der Waals surface area contributed by atoms with E-state index < -0.39 is 33.0 Å². The molecule has 1 atom stereocenters. The van der Waals surface area contributed by atoms with Gasteiger partial charge in [0.15, 0.2) is 0 Å². The lowest BCUT2D eigenvalue weighted by atomic mass is 10.2. The van der Waals surface area contributed by atoms with Crippen molar-refractivity contribution in [2.45, 2.75) is 24.8 Å². The normalized spacial score (nSPS) is 16.1. The van der Waals surface area contributed by atoms with Crippen molar-refractivity contribution in [2.75, 3.05) is 6.61 Å². The maximum atomic E-state index is 12.5. The van der Waals surface area contributed by atoms with Crippen LogP contribution in [-0.4, -0.2) is 24.5 Å². The number of carbonyl (C=O) groups excluding carboxylic acids is 2. The summed E-state index contributed by atoms with van der Waals surface area (Å²) in [5, 5.41) is 2.19. The molecule has 0 bridgehead atoms. The highest BCUT2D eigenvalue weighted by atomic mass is 32.5. The van der Waals surface area contributed by atoms with Crippen LogP contribution in [0.2, 0.25) is 0 Å². The molecule has 1 amide bonds. The van der Waals surface area contributed by atoms with Crippen LogP contribution in [0.1, 0.15) is 24.2 Å². The molecule has 0 aliphatic rings. The Morgan fingerprint density at radius 2 is 1.64 bits per heavy atom. The molecule has 22 heavy (non-hydrogen) atoms. The molecule has 0 aromatic heterocycles. The van der Waals surface area contributed by atoms with Crippen LogP contribution in [0, 0.1) is 0 Å². The summed E-state index contributed by atoms with van der Waals surface area (Å²) in [6.07, 6.45) is 0. The SMILES string of the molecule is CCOC(=O)C(C)NC(=O)c1ccc(S(F)(F)(F)(F)F)cc1. The maximum Gasteiger partial charge on any atom is 0.328 e. The molecule has 0 spiro atoms. The molecular weight excluding hydrogens is 333 g/mol. The van der Waals surface area contributed by atoms with Gasteiger partial charge in [0.1, 0.15) is 10.9 Å². The van der Waals surface area contributed by atoms with E-state index in [-0.39, 0.29) is 24.3 Å². The first-order valence-corrected chi connectivity index (χ1v) is 8.01. The number of hydrogen-bond donors (Lipinski definition) is 1. The van der Waals surface area contributed by atoms with E-state index in [1.807, 2.05) is 0 Å². The summed E-state index contributed by atoms with van der Waals surface area (Å²) < 4.78 is 67.2. The summed E-state index contributed by atoms with van der Waals surface area (Å²) in [4.78, 5) is 20.9. The van der Waals surface area contributed by atoms with E-state index in [9.17, 15) is 29.0 Å². The predicted octanol–water partition coefficient (Wildman–Crippen LogP) is 4.03. The van der Waals surface area contributed by atoms with Crippen molar-refractivity contribution < 1.29 is 33.8 Å². The highest BCUT2D eigenvalue weighted by Gasteiger charge is 2.65. The van der Waals surface area contributed by atoms with Gasteiger partial charge in [-0.15, -0.1) is 0 Å². The lowest BCUT2D eigenvalue weighted by Gasteiger charge is -2.40. The van der Waals surface area contributed by atoms with Gasteiger partial charge in [0, 0.05) is 5.56 Å². The Balaban J connectivity index is 2.89. The Kier molecular flexibility index (Phi) is 4.23. The first-order valence-electron chi connectivity index (χ1n) is 6.06. The Morgan fingerprint density at radius 1 is 1.14 bits per heavy atom. The smallest absolute Gasteiger partial charge is 0.328 e. The van der Waals surface area contributed by atoms with Crippen LogP contribution in [0.5, 0.6) is 0 Å². The van der Waals surface area contributed by atoms with E-state index in [1.165, 1.54) is 6.92 Å². The summed E-state index contributed by atoms with van der Waals surface area (Å²) in [7, 11) is -9.76. The van der Waals surface area contributed by atoms with Crippen LogP contribution in [0.3, 0.4) is 0 Å². The molecule has 0 radical (unpaired) electrons. The molecule has 0 aliphatic carbocycles. The molecule has 1 aromatic carbocycles. The van der Waals surface area contributed by atoms with Crippen LogP contribution in [0.4, 0.5) is 19.4 Å². The monoisotopic (exact) mass is 347 g/mol. The lowest BCUT2D eigenvalue weighted by molar-refractivity contribution is -0.144. The molecule has 1 unspecified atom stereocenters. The predicted molar refractivity (Wildman–Crippen MR) is 71.4 cm³/mol. The van der Waals surface area contributed by atoms with E-state index in [4.69, 9.17) is 0 Å². The number of halogens is 5. The fraction of sp³-hybridized carbons (Fsp3) is 0.333. The zero-order valence-electron chi connectivity index (χ0n) is 11.6. The standard InChI is InChI=1S/C12H14F5NO3S/c1-3-21-12(20)8(2)18-11(19)9-4-6-10(7-5-9)22(13,14,15,16)17/h4-8H,3H2,1-2H3,(H,18,19). The van der Waals surface area contributed by atoms with E-state index in [0.717, 1.165) is 0 Å². The van der Waals surface area contributed by atoms with Gasteiger partial charge in [-0.25, -0.2) is 4.79 Å². The molecule has 0 saturated heterocycles. The van der Waals surface area contributed by atoms with Gasteiger partial charge in [0.2, 0.25) is 0 Å². The minimum absolute atomic E-state index is 0.0949. The van der Waals surface area contributed by atoms with Crippen LogP contribution in [0.15, 0.2) is 29.2 Å². The molecule has 1 N–H and O–H groups in total. The average Bonchev–Trinajstić information content (AvgIpc) is 2.36. The third kappa shape index (κ3) is 4.86. The van der Waals surface area contributed by atoms with Crippen molar-refractivity contribution in [1.29, 1.82) is 0 Å². The molecule has 0 saturated carbocycles. The molecule has 0 heterocycles. The third-order valence-corrected chi connectivity index (χ3v) is 3.71. The lowest BCUT2D eigenvalue weighted by Crippen LogP contribution is -2.39. The highest BCUT2D eigenvalue weighted by molar-refractivity contribution is 8.45. The number of benzene rings is 1. The van der Waals surface area contributed by atoms with Crippen LogP contribution < -0.4 is 5.32 Å². The fourth-order valence-electron chi connectivity index (χ4n) is 1.47. The number of carbonyl (C=O) groups is 2. The number of ether oxygens (including phenoxy) is 1. The molecule has 1 aromatic rings. The minimum atomic E-state index is -9.76. The number of hydrogen-bond acceptors (Lipinski definition) is 3. The van der Waals surface area contributed by atoms with Crippen molar-refractivity contribution in [3.63, 3.8) is 0 Å². The zero-order valence-corrected chi connectivity index (χ0v) is 12.4. The number of amides is 1. The van der Waals surface area contributed by atoms with E-state index >= 15 is 0 Å². The van der Waals surface area contributed by atoms with Gasteiger partial charge in [-0.3, -0.25) is 4.79 Å². The summed E-state index contributed by atoms with van der Waals surface area (Å²) >= 11 is 0.